The van der Waals surface area contributed by atoms with Crippen molar-refractivity contribution in [2.75, 3.05) is 44.2 Å². The third-order valence-corrected chi connectivity index (χ3v) is 10.5. The number of sulfonamides is 1. The largest absolute Gasteiger partial charge is 0.421 e. The zero-order chi connectivity index (χ0) is 27.2. The summed E-state index contributed by atoms with van der Waals surface area (Å²) in [6.07, 6.45) is -4.83. The second kappa shape index (κ2) is 9.84. The Bertz CT molecular complexity index is 1220. The van der Waals surface area contributed by atoms with Crippen LogP contribution in [0.15, 0.2) is 46.0 Å². The zero-order valence-corrected chi connectivity index (χ0v) is 22.5. The quantitative estimate of drug-likeness (QED) is 0.565. The van der Waals surface area contributed by atoms with E-state index in [-0.39, 0.29) is 34.8 Å². The van der Waals surface area contributed by atoms with E-state index in [1.165, 1.54) is 28.6 Å². The number of amides is 1. The van der Waals surface area contributed by atoms with E-state index in [0.29, 0.717) is 38.8 Å². The summed E-state index contributed by atoms with van der Waals surface area (Å²) in [6, 6.07) is 8.38. The van der Waals surface area contributed by atoms with Gasteiger partial charge in [0.1, 0.15) is 4.21 Å². The molecule has 2 aliphatic rings. The van der Waals surface area contributed by atoms with Crippen molar-refractivity contribution in [3.05, 3.63) is 47.3 Å². The molecule has 0 saturated carbocycles. The first-order chi connectivity index (χ1) is 17.2. The van der Waals surface area contributed by atoms with Gasteiger partial charge in [-0.3, -0.25) is 9.69 Å². The van der Waals surface area contributed by atoms with Crippen LogP contribution < -0.4 is 10.2 Å². The van der Waals surface area contributed by atoms with E-state index in [2.05, 4.69) is 5.32 Å². The van der Waals surface area contributed by atoms with Crippen LogP contribution in [0.2, 0.25) is 0 Å². The molecule has 0 aliphatic carbocycles. The van der Waals surface area contributed by atoms with Crippen LogP contribution >= 0.6 is 11.3 Å². The molecule has 1 aromatic heterocycles. The second-order valence-electron chi connectivity index (χ2n) is 10.0. The molecule has 2 aromatic rings. The molecule has 37 heavy (non-hydrogen) atoms. The van der Waals surface area contributed by atoms with E-state index in [1.807, 2.05) is 23.6 Å². The minimum absolute atomic E-state index is 0.122. The van der Waals surface area contributed by atoms with Crippen LogP contribution in [0.5, 0.6) is 0 Å². The lowest BCUT2D eigenvalue weighted by Gasteiger charge is -2.48. The average Bonchev–Trinajstić information content (AvgIpc) is 3.38. The summed E-state index contributed by atoms with van der Waals surface area (Å²) in [4.78, 5) is 16.5. The summed E-state index contributed by atoms with van der Waals surface area (Å²) >= 11 is 1.14. The molecular weight excluding hydrogens is 529 g/mol. The SMILES string of the molecule is CC1(C)C(=O)NCCN1C[C@H]1CN(S(=O)(=O)c2cccs2)CCN1c1ccc([C@](C)(O)C(F)(F)F)cc1. The number of nitrogens with one attached hydrogen (secondary N) is 1. The van der Waals surface area contributed by atoms with Gasteiger partial charge in [-0.1, -0.05) is 18.2 Å². The summed E-state index contributed by atoms with van der Waals surface area (Å²) in [6.45, 7) is 6.40. The van der Waals surface area contributed by atoms with Crippen molar-refractivity contribution < 1.29 is 31.5 Å². The van der Waals surface area contributed by atoms with Crippen LogP contribution in [-0.4, -0.2) is 85.7 Å². The van der Waals surface area contributed by atoms with Gasteiger partial charge in [0.15, 0.2) is 5.60 Å². The predicted octanol–water partition coefficient (Wildman–Crippen LogP) is 2.61. The van der Waals surface area contributed by atoms with Crippen molar-refractivity contribution in [1.29, 1.82) is 0 Å². The highest BCUT2D eigenvalue weighted by Gasteiger charge is 2.51. The maximum atomic E-state index is 13.3. The molecule has 2 fully saturated rings. The van der Waals surface area contributed by atoms with Crippen LogP contribution in [0.1, 0.15) is 26.3 Å². The van der Waals surface area contributed by atoms with Gasteiger partial charge in [0.05, 0.1) is 11.6 Å². The number of benzene rings is 1. The molecule has 8 nitrogen and oxygen atoms in total. The van der Waals surface area contributed by atoms with Gasteiger partial charge in [-0.05, 0) is 49.9 Å². The molecule has 2 atom stereocenters. The Morgan fingerprint density at radius 3 is 2.41 bits per heavy atom. The molecule has 204 valence electrons. The minimum atomic E-state index is -4.83. The molecule has 4 rings (SSSR count). The van der Waals surface area contributed by atoms with Gasteiger partial charge in [-0.25, -0.2) is 8.42 Å². The number of aliphatic hydroxyl groups is 1. The fraction of sp³-hybridized carbons (Fsp3) is 0.542. The maximum Gasteiger partial charge on any atom is 0.421 e. The smallest absolute Gasteiger partial charge is 0.376 e. The van der Waals surface area contributed by atoms with E-state index >= 15 is 0 Å². The average molecular weight is 561 g/mol. The van der Waals surface area contributed by atoms with Crippen molar-refractivity contribution in [2.24, 2.45) is 0 Å². The summed E-state index contributed by atoms with van der Waals surface area (Å²) < 4.78 is 68.1. The van der Waals surface area contributed by atoms with Crippen molar-refractivity contribution in [2.45, 2.75) is 48.3 Å². The van der Waals surface area contributed by atoms with E-state index in [1.54, 1.807) is 17.5 Å². The van der Waals surface area contributed by atoms with Gasteiger partial charge in [0, 0.05) is 45.0 Å². The van der Waals surface area contributed by atoms with Crippen LogP contribution in [0, 0.1) is 0 Å². The molecule has 3 heterocycles. The Labute approximate surface area is 218 Å². The van der Waals surface area contributed by atoms with Crippen LogP contribution in [-0.2, 0) is 20.4 Å². The van der Waals surface area contributed by atoms with E-state index in [0.717, 1.165) is 11.3 Å². The Kier molecular flexibility index (Phi) is 7.40. The number of anilines is 1. The summed E-state index contributed by atoms with van der Waals surface area (Å²) in [5, 5.41) is 14.6. The third kappa shape index (κ3) is 5.24. The lowest BCUT2D eigenvalue weighted by atomic mass is 9.94. The number of hydrogen-bond acceptors (Lipinski definition) is 7. The first-order valence-electron chi connectivity index (χ1n) is 11.9. The van der Waals surface area contributed by atoms with Gasteiger partial charge in [0.25, 0.3) is 10.0 Å². The van der Waals surface area contributed by atoms with Gasteiger partial charge in [-0.15, -0.1) is 11.3 Å². The van der Waals surface area contributed by atoms with E-state index < -0.39 is 27.3 Å². The number of alkyl halides is 3. The van der Waals surface area contributed by atoms with Gasteiger partial charge in [0.2, 0.25) is 5.91 Å². The third-order valence-electron chi connectivity index (χ3n) is 7.29. The molecule has 1 amide bonds. The molecule has 13 heteroatoms. The summed E-state index contributed by atoms with van der Waals surface area (Å²) in [5.41, 5.74) is -3.48. The molecule has 0 spiro atoms. The number of carbonyl (C=O) groups excluding carboxylic acids is 1. The highest BCUT2D eigenvalue weighted by Crippen LogP contribution is 2.39. The lowest BCUT2D eigenvalue weighted by Crippen LogP contribution is -2.66. The topological polar surface area (TPSA) is 93.2 Å². The Hall–Kier alpha value is -2.19. The number of thiophene rings is 1. The monoisotopic (exact) mass is 560 g/mol. The van der Waals surface area contributed by atoms with E-state index in [9.17, 15) is 31.5 Å². The summed E-state index contributed by atoms with van der Waals surface area (Å²) in [7, 11) is -3.71. The highest BCUT2D eigenvalue weighted by atomic mass is 32.2. The van der Waals surface area contributed by atoms with Gasteiger partial charge >= 0.3 is 6.18 Å². The Balaban J connectivity index is 1.64. The lowest BCUT2D eigenvalue weighted by molar-refractivity contribution is -0.258. The predicted molar refractivity (Wildman–Crippen MR) is 135 cm³/mol. The fourth-order valence-corrected chi connectivity index (χ4v) is 7.35. The van der Waals surface area contributed by atoms with E-state index in [4.69, 9.17) is 0 Å². The molecule has 2 saturated heterocycles. The molecule has 0 bridgehead atoms. The first kappa shape index (κ1) is 27.8. The Morgan fingerprint density at radius 2 is 1.81 bits per heavy atom. The molecular formula is C24H31F3N4O4S2. The molecule has 0 radical (unpaired) electrons. The molecule has 2 N–H and O–H groups in total. The fourth-order valence-electron chi connectivity index (χ4n) is 4.74. The Morgan fingerprint density at radius 1 is 1.14 bits per heavy atom. The van der Waals surface area contributed by atoms with Crippen LogP contribution in [0.3, 0.4) is 0 Å². The van der Waals surface area contributed by atoms with Gasteiger partial charge in [-0.2, -0.15) is 17.5 Å². The van der Waals surface area contributed by atoms with Crippen molar-refractivity contribution in [3.63, 3.8) is 0 Å². The molecule has 0 unspecified atom stereocenters. The molecule has 1 aromatic carbocycles. The number of halogens is 3. The standard InChI is InChI=1S/C24H31F3N4O4S2/c1-22(2)21(32)28-10-11-29(22)15-19-16-30(37(34,35)20-5-4-14-36-20)12-13-31(19)18-8-6-17(7-9-18)23(3,33)24(25,26)27/h4-9,14,19,33H,10-13,15-16H2,1-3H3,(H,28,32)/t19-,23-/m0/s1. The number of piperazine rings is 2. The highest BCUT2D eigenvalue weighted by molar-refractivity contribution is 7.91. The zero-order valence-electron chi connectivity index (χ0n) is 20.8. The van der Waals surface area contributed by atoms with Crippen LogP contribution in [0.25, 0.3) is 0 Å². The number of carbonyl (C=O) groups is 1. The van der Waals surface area contributed by atoms with Crippen molar-refractivity contribution in [3.8, 4) is 0 Å². The number of hydrogen-bond donors (Lipinski definition) is 2. The van der Waals surface area contributed by atoms with Crippen molar-refractivity contribution >= 4 is 33.0 Å². The summed E-state index contributed by atoms with van der Waals surface area (Å²) in [5.74, 6) is -0.122. The van der Waals surface area contributed by atoms with Crippen molar-refractivity contribution in [1.82, 2.24) is 14.5 Å². The normalized spacial score (nSPS) is 23.5. The number of rotatable bonds is 6. The minimum Gasteiger partial charge on any atom is -0.376 e. The maximum absolute atomic E-state index is 13.3. The van der Waals surface area contributed by atoms with Gasteiger partial charge < -0.3 is 15.3 Å². The second-order valence-corrected chi connectivity index (χ2v) is 13.1. The van der Waals surface area contributed by atoms with Crippen LogP contribution in [0.4, 0.5) is 18.9 Å². The number of nitrogens with zero attached hydrogens (tertiary/aromatic N) is 3. The molecule has 2 aliphatic heterocycles. The first-order valence-corrected chi connectivity index (χ1v) is 14.2.